The van der Waals surface area contributed by atoms with Crippen LogP contribution in [0.3, 0.4) is 0 Å². The zero-order valence-electron chi connectivity index (χ0n) is 10.4. The number of morpholine rings is 1. The van der Waals surface area contributed by atoms with Gasteiger partial charge >= 0.3 is 0 Å². The lowest BCUT2D eigenvalue weighted by Crippen LogP contribution is -2.50. The van der Waals surface area contributed by atoms with Gasteiger partial charge in [0.15, 0.2) is 0 Å². The van der Waals surface area contributed by atoms with Crippen molar-refractivity contribution in [1.82, 2.24) is 4.90 Å². The second-order valence-electron chi connectivity index (χ2n) is 5.00. The van der Waals surface area contributed by atoms with E-state index in [4.69, 9.17) is 4.74 Å². The second-order valence-corrected chi connectivity index (χ2v) is 5.48. The molecule has 1 amide bonds. The van der Waals surface area contributed by atoms with Crippen LogP contribution in [-0.4, -0.2) is 36.1 Å². The molecule has 98 valence electrons. The van der Waals surface area contributed by atoms with E-state index >= 15 is 0 Å². The van der Waals surface area contributed by atoms with Gasteiger partial charge in [0.2, 0.25) is 0 Å². The fourth-order valence-electron chi connectivity index (χ4n) is 2.02. The van der Waals surface area contributed by atoms with Crippen molar-refractivity contribution in [3.63, 3.8) is 0 Å². The molecule has 0 spiro atoms. The van der Waals surface area contributed by atoms with Gasteiger partial charge in [-0.3, -0.25) is 4.79 Å². The Balaban J connectivity index is 2.18. The number of rotatable bonds is 1. The Morgan fingerprint density at radius 2 is 2.22 bits per heavy atom. The Kier molecular flexibility index (Phi) is 3.64. The smallest absolute Gasteiger partial charge is 0.254 e. The monoisotopic (exact) mass is 269 g/mol. The van der Waals surface area contributed by atoms with Gasteiger partial charge in [-0.25, -0.2) is 4.39 Å². The molecular weight excluding hydrogens is 253 g/mol. The molecule has 0 aromatic heterocycles. The lowest BCUT2D eigenvalue weighted by atomic mass is 10.1. The van der Waals surface area contributed by atoms with Crippen molar-refractivity contribution in [3.8, 4) is 0 Å². The first-order chi connectivity index (χ1) is 8.39. The first-order valence-electron chi connectivity index (χ1n) is 5.81. The quantitative estimate of drug-likeness (QED) is 0.793. The maximum absolute atomic E-state index is 13.1. The lowest BCUT2D eigenvalue weighted by Gasteiger charge is -2.38. The third kappa shape index (κ3) is 2.84. The van der Waals surface area contributed by atoms with Crippen LogP contribution in [-0.2, 0) is 4.74 Å². The third-order valence-electron chi connectivity index (χ3n) is 2.91. The molecule has 0 aliphatic carbocycles. The van der Waals surface area contributed by atoms with Gasteiger partial charge in [0.25, 0.3) is 5.91 Å². The normalized spacial score (nSPS) is 18.8. The Morgan fingerprint density at radius 3 is 2.83 bits per heavy atom. The average Bonchev–Trinajstić information content (AvgIpc) is 2.30. The predicted octanol–water partition coefficient (Wildman–Crippen LogP) is 2.37. The maximum Gasteiger partial charge on any atom is 0.254 e. The minimum Gasteiger partial charge on any atom is -0.372 e. The maximum atomic E-state index is 13.1. The summed E-state index contributed by atoms with van der Waals surface area (Å²) in [5, 5.41) is 0. The summed E-state index contributed by atoms with van der Waals surface area (Å²) in [4.78, 5) is 14.2. The summed E-state index contributed by atoms with van der Waals surface area (Å²) in [7, 11) is 0. The van der Waals surface area contributed by atoms with Gasteiger partial charge in [0, 0.05) is 23.5 Å². The number of carbonyl (C=O) groups is 1. The average molecular weight is 269 g/mol. The van der Waals surface area contributed by atoms with Crippen LogP contribution >= 0.6 is 12.6 Å². The van der Waals surface area contributed by atoms with Crippen molar-refractivity contribution in [2.75, 3.05) is 19.7 Å². The van der Waals surface area contributed by atoms with Crippen molar-refractivity contribution in [2.24, 2.45) is 0 Å². The summed E-state index contributed by atoms with van der Waals surface area (Å²) in [6, 6.07) is 4.21. The van der Waals surface area contributed by atoms with E-state index in [2.05, 4.69) is 12.6 Å². The number of halogens is 1. The van der Waals surface area contributed by atoms with Crippen molar-refractivity contribution in [1.29, 1.82) is 0 Å². The largest absolute Gasteiger partial charge is 0.372 e. The van der Waals surface area contributed by atoms with Crippen LogP contribution in [0, 0.1) is 5.82 Å². The molecule has 1 aliphatic heterocycles. The number of ether oxygens (including phenoxy) is 1. The van der Waals surface area contributed by atoms with Crippen molar-refractivity contribution in [3.05, 3.63) is 29.6 Å². The third-order valence-corrected chi connectivity index (χ3v) is 3.25. The van der Waals surface area contributed by atoms with Gasteiger partial charge < -0.3 is 9.64 Å². The second kappa shape index (κ2) is 4.90. The number of nitrogens with zero attached hydrogens (tertiary/aromatic N) is 1. The number of benzene rings is 1. The highest BCUT2D eigenvalue weighted by Gasteiger charge is 2.30. The van der Waals surface area contributed by atoms with Gasteiger partial charge in [-0.05, 0) is 32.0 Å². The number of carbonyl (C=O) groups excluding carboxylic acids is 1. The van der Waals surface area contributed by atoms with Gasteiger partial charge in [0.05, 0.1) is 12.2 Å². The number of hydrogen-bond donors (Lipinski definition) is 1. The number of amides is 1. The van der Waals surface area contributed by atoms with Gasteiger partial charge in [-0.2, -0.15) is 0 Å². The molecule has 0 saturated carbocycles. The van der Waals surface area contributed by atoms with E-state index in [0.717, 1.165) is 0 Å². The number of hydrogen-bond acceptors (Lipinski definition) is 3. The van der Waals surface area contributed by atoms with Crippen LogP contribution in [0.25, 0.3) is 0 Å². The first kappa shape index (κ1) is 13.4. The van der Waals surface area contributed by atoms with Crippen LogP contribution in [0.5, 0.6) is 0 Å². The summed E-state index contributed by atoms with van der Waals surface area (Å²) in [6.07, 6.45) is 0. The molecule has 1 fully saturated rings. The van der Waals surface area contributed by atoms with Crippen LogP contribution in [0.1, 0.15) is 24.2 Å². The molecule has 1 aromatic rings. The minimum atomic E-state index is -0.419. The van der Waals surface area contributed by atoms with Crippen LogP contribution in [0.4, 0.5) is 4.39 Å². The topological polar surface area (TPSA) is 29.5 Å². The zero-order valence-corrected chi connectivity index (χ0v) is 11.3. The molecule has 0 atom stereocenters. The zero-order chi connectivity index (χ0) is 13.3. The summed E-state index contributed by atoms with van der Waals surface area (Å²) >= 11 is 3.99. The molecule has 1 aromatic carbocycles. The van der Waals surface area contributed by atoms with Crippen LogP contribution < -0.4 is 0 Å². The highest BCUT2D eigenvalue weighted by Crippen LogP contribution is 2.20. The fourth-order valence-corrected chi connectivity index (χ4v) is 2.23. The van der Waals surface area contributed by atoms with E-state index in [9.17, 15) is 9.18 Å². The lowest BCUT2D eigenvalue weighted by molar-refractivity contribution is -0.0764. The molecule has 2 rings (SSSR count). The molecule has 0 unspecified atom stereocenters. The molecule has 18 heavy (non-hydrogen) atoms. The van der Waals surface area contributed by atoms with E-state index in [0.29, 0.717) is 25.3 Å². The van der Waals surface area contributed by atoms with Crippen molar-refractivity contribution < 1.29 is 13.9 Å². The van der Waals surface area contributed by atoms with Gasteiger partial charge in [-0.15, -0.1) is 12.6 Å². The van der Waals surface area contributed by atoms with E-state index in [1.54, 1.807) is 4.90 Å². The molecule has 0 radical (unpaired) electrons. The van der Waals surface area contributed by atoms with Crippen LogP contribution in [0.15, 0.2) is 23.1 Å². The summed E-state index contributed by atoms with van der Waals surface area (Å²) < 4.78 is 18.7. The SMILES string of the molecule is CC1(C)CN(C(=O)c2ccc(F)c(S)c2)CCO1. The molecule has 1 heterocycles. The Labute approximate surface area is 111 Å². The van der Waals surface area contributed by atoms with E-state index in [-0.39, 0.29) is 16.4 Å². The molecule has 1 saturated heterocycles. The van der Waals surface area contributed by atoms with Gasteiger partial charge in [-0.1, -0.05) is 0 Å². The first-order valence-corrected chi connectivity index (χ1v) is 6.25. The van der Waals surface area contributed by atoms with Crippen molar-refractivity contribution in [2.45, 2.75) is 24.3 Å². The van der Waals surface area contributed by atoms with Crippen molar-refractivity contribution >= 4 is 18.5 Å². The van der Waals surface area contributed by atoms with E-state index < -0.39 is 5.82 Å². The Morgan fingerprint density at radius 1 is 1.50 bits per heavy atom. The van der Waals surface area contributed by atoms with Gasteiger partial charge in [0.1, 0.15) is 5.82 Å². The minimum absolute atomic E-state index is 0.110. The summed E-state index contributed by atoms with van der Waals surface area (Å²) in [5.41, 5.74) is 0.122. The number of thiol groups is 1. The Bertz CT molecular complexity index is 476. The molecular formula is C13H16FNO2S. The fraction of sp³-hybridized carbons (Fsp3) is 0.462. The Hall–Kier alpha value is -1.07. The molecule has 0 bridgehead atoms. The molecule has 0 N–H and O–H groups in total. The highest BCUT2D eigenvalue weighted by molar-refractivity contribution is 7.80. The molecule has 3 nitrogen and oxygen atoms in total. The standard InChI is InChI=1S/C13H16FNO2S/c1-13(2)8-15(5-6-17-13)12(16)9-3-4-10(14)11(18)7-9/h3-4,7,18H,5-6,8H2,1-2H3. The summed E-state index contributed by atoms with van der Waals surface area (Å²) in [6.45, 7) is 5.50. The predicted molar refractivity (Wildman–Crippen MR) is 69.6 cm³/mol. The molecule has 5 heteroatoms. The van der Waals surface area contributed by atoms with E-state index in [1.807, 2.05) is 13.8 Å². The summed E-state index contributed by atoms with van der Waals surface area (Å²) in [5.74, 6) is -0.529. The highest BCUT2D eigenvalue weighted by atomic mass is 32.1. The van der Waals surface area contributed by atoms with Crippen LogP contribution in [0.2, 0.25) is 0 Å². The molecule has 1 aliphatic rings. The van der Waals surface area contributed by atoms with E-state index in [1.165, 1.54) is 18.2 Å².